The Morgan fingerprint density at radius 2 is 0.676 bits per heavy atom. The Bertz CT molecular complexity index is 530. The van der Waals surface area contributed by atoms with Crippen molar-refractivity contribution in [3.8, 4) is 11.5 Å². The van der Waals surface area contributed by atoms with Crippen molar-refractivity contribution in [3.05, 3.63) is 23.3 Å². The summed E-state index contributed by atoms with van der Waals surface area (Å²) in [5, 5.41) is 0. The third kappa shape index (κ3) is 15.5. The first-order valence-corrected chi connectivity index (χ1v) is 14.9. The van der Waals surface area contributed by atoms with Crippen LogP contribution >= 0.6 is 0 Å². The molecule has 0 heterocycles. The number of unbranched alkanes of at least 4 members (excludes halogenated alkanes) is 18. The van der Waals surface area contributed by atoms with Crippen LogP contribution in [0.25, 0.3) is 0 Å². The van der Waals surface area contributed by atoms with Crippen LogP contribution in [0.5, 0.6) is 11.5 Å². The second kappa shape index (κ2) is 22.1. The molecule has 0 bridgehead atoms. The van der Waals surface area contributed by atoms with Gasteiger partial charge in [0, 0.05) is 11.1 Å². The summed E-state index contributed by atoms with van der Waals surface area (Å²) in [6.07, 6.45) is 26.9. The monoisotopic (exact) mass is 472 g/mol. The number of rotatable bonds is 24. The molecule has 0 aliphatic rings. The lowest BCUT2D eigenvalue weighted by atomic mass is 10.1. The summed E-state index contributed by atoms with van der Waals surface area (Å²) >= 11 is 0. The molecule has 0 saturated heterocycles. The third-order valence-corrected chi connectivity index (χ3v) is 6.81. The Hall–Kier alpha value is -1.36. The lowest BCUT2D eigenvalue weighted by Crippen LogP contribution is -2.05. The van der Waals surface area contributed by atoms with Crippen LogP contribution in [0, 0.1) is 26.0 Å². The minimum atomic E-state index is 0.767. The summed E-state index contributed by atoms with van der Waals surface area (Å²) in [6, 6.07) is 6.42. The van der Waals surface area contributed by atoms with Gasteiger partial charge in [0.2, 0.25) is 0 Å². The zero-order chi connectivity index (χ0) is 24.7. The summed E-state index contributed by atoms with van der Waals surface area (Å²) in [5.74, 6) is 1.78. The highest BCUT2D eigenvalue weighted by molar-refractivity contribution is 5.48. The molecule has 0 fully saturated rings. The van der Waals surface area contributed by atoms with Crippen molar-refractivity contribution in [1.82, 2.24) is 0 Å². The lowest BCUT2D eigenvalue weighted by Gasteiger charge is -2.15. The molecule has 0 aliphatic heterocycles. The molecule has 0 radical (unpaired) electrons. The summed E-state index contributed by atoms with van der Waals surface area (Å²) < 4.78 is 12.4. The van der Waals surface area contributed by atoms with E-state index in [0.717, 1.165) is 48.7 Å². The summed E-state index contributed by atoms with van der Waals surface area (Å²) in [5.41, 5.74) is 2.02. The van der Waals surface area contributed by atoms with Gasteiger partial charge in [-0.15, -0.1) is 0 Å². The van der Waals surface area contributed by atoms with Gasteiger partial charge < -0.3 is 9.47 Å². The van der Waals surface area contributed by atoms with Gasteiger partial charge in [0.05, 0.1) is 13.2 Å². The highest BCUT2D eigenvalue weighted by Crippen LogP contribution is 2.33. The third-order valence-electron chi connectivity index (χ3n) is 6.81. The fourth-order valence-electron chi connectivity index (χ4n) is 4.52. The van der Waals surface area contributed by atoms with Gasteiger partial charge in [-0.1, -0.05) is 142 Å². The molecule has 2 heteroatoms. The summed E-state index contributed by atoms with van der Waals surface area (Å²) in [4.78, 5) is 0. The second-order valence-corrected chi connectivity index (χ2v) is 10.2. The van der Waals surface area contributed by atoms with E-state index in [-0.39, 0.29) is 0 Å². The van der Waals surface area contributed by atoms with E-state index in [4.69, 9.17) is 9.47 Å². The molecular formula is C32H56O2. The van der Waals surface area contributed by atoms with E-state index in [1.54, 1.807) is 0 Å². The lowest BCUT2D eigenvalue weighted by molar-refractivity contribution is 0.256. The van der Waals surface area contributed by atoms with Crippen LogP contribution in [0.15, 0.2) is 0 Å². The SMILES string of the molecule is CCCCCCCCCCCCOc1c(C)c#cc(C)c1OCCCCCCCCCCCC. The molecule has 1 aromatic carbocycles. The van der Waals surface area contributed by atoms with Gasteiger partial charge in [-0.05, 0) is 26.7 Å². The van der Waals surface area contributed by atoms with Gasteiger partial charge in [0.15, 0.2) is 11.5 Å². The molecule has 0 aromatic heterocycles. The zero-order valence-electron chi connectivity index (χ0n) is 23.4. The van der Waals surface area contributed by atoms with Gasteiger partial charge in [0.25, 0.3) is 0 Å². The largest absolute Gasteiger partial charge is 0.489 e. The van der Waals surface area contributed by atoms with Crippen molar-refractivity contribution in [2.45, 2.75) is 156 Å². The molecule has 0 atom stereocenters. The molecule has 0 saturated carbocycles. The fourth-order valence-corrected chi connectivity index (χ4v) is 4.52. The van der Waals surface area contributed by atoms with E-state index in [0.29, 0.717) is 0 Å². The number of hydrogen-bond acceptors (Lipinski definition) is 2. The maximum absolute atomic E-state index is 6.19. The molecule has 1 rings (SSSR count). The Balaban J connectivity index is 2.17. The molecule has 2 nitrogen and oxygen atoms in total. The van der Waals surface area contributed by atoms with E-state index in [1.807, 2.05) is 0 Å². The second-order valence-electron chi connectivity index (χ2n) is 10.2. The van der Waals surface area contributed by atoms with Crippen molar-refractivity contribution in [3.63, 3.8) is 0 Å². The first-order chi connectivity index (χ1) is 16.7. The van der Waals surface area contributed by atoms with Gasteiger partial charge in [-0.2, -0.15) is 0 Å². The standard InChI is InChI=1S/C32H56O2/c1-5-7-9-11-13-15-17-19-21-23-27-33-31-29(3)25-26-30(4)32(31)34-28-24-22-20-18-16-14-12-10-8-6-2/h5-24,27-28H2,1-4H3. The highest BCUT2D eigenvalue weighted by Gasteiger charge is 2.12. The minimum absolute atomic E-state index is 0.767. The molecule has 1 aromatic rings. The quantitative estimate of drug-likeness (QED) is 0.139. The molecule has 0 unspecified atom stereocenters. The van der Waals surface area contributed by atoms with Gasteiger partial charge in [-0.3, -0.25) is 0 Å². The van der Waals surface area contributed by atoms with Crippen molar-refractivity contribution in [2.75, 3.05) is 13.2 Å². The highest BCUT2D eigenvalue weighted by atomic mass is 16.5. The Labute approximate surface area is 213 Å². The summed E-state index contributed by atoms with van der Waals surface area (Å²) in [6.45, 7) is 10.2. The number of hydrogen-bond donors (Lipinski definition) is 0. The van der Waals surface area contributed by atoms with Gasteiger partial charge in [-0.25, -0.2) is 0 Å². The van der Waals surface area contributed by atoms with Crippen LogP contribution in [0.2, 0.25) is 0 Å². The zero-order valence-corrected chi connectivity index (χ0v) is 23.4. The van der Waals surface area contributed by atoms with E-state index >= 15 is 0 Å². The van der Waals surface area contributed by atoms with Crippen LogP contribution in [0.1, 0.15) is 153 Å². The van der Waals surface area contributed by atoms with Crippen LogP contribution in [-0.2, 0) is 0 Å². The van der Waals surface area contributed by atoms with Crippen LogP contribution < -0.4 is 9.47 Å². The van der Waals surface area contributed by atoms with Crippen molar-refractivity contribution in [2.24, 2.45) is 0 Å². The van der Waals surface area contributed by atoms with E-state index in [9.17, 15) is 0 Å². The van der Waals surface area contributed by atoms with Crippen LogP contribution in [0.4, 0.5) is 0 Å². The maximum atomic E-state index is 6.19. The van der Waals surface area contributed by atoms with E-state index in [2.05, 4.69) is 39.8 Å². The molecule has 196 valence electrons. The Kier molecular flexibility index (Phi) is 20.0. The Morgan fingerprint density at radius 3 is 0.971 bits per heavy atom. The van der Waals surface area contributed by atoms with Crippen molar-refractivity contribution < 1.29 is 9.47 Å². The van der Waals surface area contributed by atoms with Gasteiger partial charge >= 0.3 is 0 Å². The molecule has 0 aliphatic carbocycles. The molecule has 0 N–H and O–H groups in total. The average molecular weight is 473 g/mol. The Morgan fingerprint density at radius 1 is 0.412 bits per heavy atom. The van der Waals surface area contributed by atoms with Gasteiger partial charge in [0.1, 0.15) is 0 Å². The van der Waals surface area contributed by atoms with E-state index in [1.165, 1.54) is 116 Å². The van der Waals surface area contributed by atoms with E-state index < -0.39 is 0 Å². The maximum Gasteiger partial charge on any atom is 0.173 e. The smallest absolute Gasteiger partial charge is 0.173 e. The predicted molar refractivity (Wildman–Crippen MR) is 148 cm³/mol. The first kappa shape index (κ1) is 30.7. The summed E-state index contributed by atoms with van der Waals surface area (Å²) in [7, 11) is 0. The van der Waals surface area contributed by atoms with Crippen molar-refractivity contribution in [1.29, 1.82) is 0 Å². The minimum Gasteiger partial charge on any atom is -0.489 e. The molecule has 0 amide bonds. The molecular weight excluding hydrogens is 416 g/mol. The molecule has 0 spiro atoms. The first-order valence-electron chi connectivity index (χ1n) is 14.9. The average Bonchev–Trinajstić information content (AvgIpc) is 2.84. The van der Waals surface area contributed by atoms with Crippen molar-refractivity contribution >= 4 is 0 Å². The normalized spacial score (nSPS) is 10.9. The topological polar surface area (TPSA) is 18.5 Å². The predicted octanol–water partition coefficient (Wildman–Crippen LogP) is 10.5. The van der Waals surface area contributed by atoms with Crippen LogP contribution in [-0.4, -0.2) is 13.2 Å². The molecule has 34 heavy (non-hydrogen) atoms. The number of ether oxygens (including phenoxy) is 2. The van der Waals surface area contributed by atoms with Crippen LogP contribution in [0.3, 0.4) is 0 Å². The fraction of sp³-hybridized carbons (Fsp3) is 0.812.